The van der Waals surface area contributed by atoms with Crippen molar-refractivity contribution >= 4 is 12.4 Å². The first kappa shape index (κ1) is 15.3. The Morgan fingerprint density at radius 1 is 1.22 bits per heavy atom. The van der Waals surface area contributed by atoms with E-state index in [1.165, 1.54) is 0 Å². The Bertz CT molecular complexity index is 337. The summed E-state index contributed by atoms with van der Waals surface area (Å²) in [6.07, 6.45) is 3.60. The van der Waals surface area contributed by atoms with E-state index in [4.69, 9.17) is 10.5 Å². The van der Waals surface area contributed by atoms with Crippen LogP contribution >= 0.6 is 12.4 Å². The molecule has 1 aromatic carbocycles. The van der Waals surface area contributed by atoms with Gasteiger partial charge < -0.3 is 15.6 Å². The number of halogens is 1. The Morgan fingerprint density at radius 3 is 2.39 bits per heavy atom. The number of hydrogen-bond acceptors (Lipinski definition) is 3. The van der Waals surface area contributed by atoms with Gasteiger partial charge in [-0.3, -0.25) is 0 Å². The van der Waals surface area contributed by atoms with Crippen LogP contribution in [-0.2, 0) is 0 Å². The summed E-state index contributed by atoms with van der Waals surface area (Å²) in [5, 5.41) is 10.0. The van der Waals surface area contributed by atoms with Crippen LogP contribution in [0.3, 0.4) is 0 Å². The Labute approximate surface area is 115 Å². The molecule has 0 radical (unpaired) electrons. The van der Waals surface area contributed by atoms with Gasteiger partial charge in [-0.2, -0.15) is 0 Å². The number of ether oxygens (including phenoxy) is 1. The van der Waals surface area contributed by atoms with Gasteiger partial charge in [0.25, 0.3) is 0 Å². The first-order valence-electron chi connectivity index (χ1n) is 6.32. The van der Waals surface area contributed by atoms with Gasteiger partial charge in [0, 0.05) is 6.54 Å². The number of rotatable bonds is 4. The second-order valence-electron chi connectivity index (χ2n) is 5.00. The molecule has 0 atom stereocenters. The molecule has 102 valence electrons. The largest absolute Gasteiger partial charge is 0.493 e. The molecule has 0 amide bonds. The van der Waals surface area contributed by atoms with Crippen molar-refractivity contribution in [1.29, 1.82) is 0 Å². The maximum absolute atomic E-state index is 10.0. The summed E-state index contributed by atoms with van der Waals surface area (Å²) in [6, 6.07) is 9.87. The van der Waals surface area contributed by atoms with Gasteiger partial charge in [0.1, 0.15) is 5.75 Å². The molecule has 3 N–H and O–H groups in total. The Morgan fingerprint density at radius 2 is 1.83 bits per heavy atom. The van der Waals surface area contributed by atoms with Crippen LogP contribution in [0.4, 0.5) is 0 Å². The molecule has 0 heterocycles. The standard InChI is InChI=1S/C14H21NO2.ClH/c15-11-14(16)8-6-12(7-9-14)10-17-13-4-2-1-3-5-13;/h1-5,12,16H,6-11,15H2;1H. The lowest BCUT2D eigenvalue weighted by Crippen LogP contribution is -2.41. The Kier molecular flexibility index (Phi) is 5.93. The van der Waals surface area contributed by atoms with Crippen molar-refractivity contribution in [2.75, 3.05) is 13.2 Å². The van der Waals surface area contributed by atoms with Crippen LogP contribution in [0.5, 0.6) is 5.75 Å². The third-order valence-electron chi connectivity index (χ3n) is 3.64. The van der Waals surface area contributed by atoms with E-state index in [0.717, 1.165) is 38.0 Å². The zero-order valence-electron chi connectivity index (χ0n) is 10.5. The van der Waals surface area contributed by atoms with Crippen LogP contribution in [0.15, 0.2) is 30.3 Å². The van der Waals surface area contributed by atoms with Gasteiger partial charge in [0.15, 0.2) is 0 Å². The van der Waals surface area contributed by atoms with E-state index in [-0.39, 0.29) is 12.4 Å². The van der Waals surface area contributed by atoms with Crippen molar-refractivity contribution in [2.24, 2.45) is 11.7 Å². The molecule has 0 bridgehead atoms. The topological polar surface area (TPSA) is 55.5 Å². The van der Waals surface area contributed by atoms with Crippen molar-refractivity contribution < 1.29 is 9.84 Å². The average Bonchev–Trinajstić information content (AvgIpc) is 2.39. The molecule has 0 aromatic heterocycles. The minimum atomic E-state index is -0.622. The second-order valence-corrected chi connectivity index (χ2v) is 5.00. The molecule has 0 aliphatic heterocycles. The highest BCUT2D eigenvalue weighted by molar-refractivity contribution is 5.85. The summed E-state index contributed by atoms with van der Waals surface area (Å²) in [7, 11) is 0. The van der Waals surface area contributed by atoms with Crippen molar-refractivity contribution in [3.8, 4) is 5.75 Å². The van der Waals surface area contributed by atoms with Crippen molar-refractivity contribution in [1.82, 2.24) is 0 Å². The van der Waals surface area contributed by atoms with Crippen LogP contribution in [-0.4, -0.2) is 23.9 Å². The molecule has 0 saturated heterocycles. The van der Waals surface area contributed by atoms with Gasteiger partial charge in [-0.1, -0.05) is 18.2 Å². The van der Waals surface area contributed by atoms with E-state index in [2.05, 4.69) is 0 Å². The lowest BCUT2D eigenvalue weighted by Gasteiger charge is -2.34. The fraction of sp³-hybridized carbons (Fsp3) is 0.571. The third kappa shape index (κ3) is 4.16. The van der Waals surface area contributed by atoms with Gasteiger partial charge in [0.05, 0.1) is 12.2 Å². The molecule has 3 nitrogen and oxygen atoms in total. The zero-order valence-corrected chi connectivity index (χ0v) is 11.4. The van der Waals surface area contributed by atoms with E-state index in [1.54, 1.807) is 0 Å². The summed E-state index contributed by atoms with van der Waals surface area (Å²) in [5.74, 6) is 1.47. The van der Waals surface area contributed by atoms with Gasteiger partial charge in [-0.25, -0.2) is 0 Å². The highest BCUT2D eigenvalue weighted by Crippen LogP contribution is 2.31. The fourth-order valence-corrected chi connectivity index (χ4v) is 2.32. The first-order valence-corrected chi connectivity index (χ1v) is 6.32. The molecule has 2 rings (SSSR count). The third-order valence-corrected chi connectivity index (χ3v) is 3.64. The highest BCUT2D eigenvalue weighted by atomic mass is 35.5. The number of nitrogens with two attached hydrogens (primary N) is 1. The Hall–Kier alpha value is -0.770. The lowest BCUT2D eigenvalue weighted by atomic mass is 9.79. The molecule has 0 spiro atoms. The minimum Gasteiger partial charge on any atom is -0.493 e. The van der Waals surface area contributed by atoms with E-state index >= 15 is 0 Å². The van der Waals surface area contributed by atoms with Gasteiger partial charge in [-0.15, -0.1) is 12.4 Å². The normalized spacial score (nSPS) is 27.3. The SMILES string of the molecule is Cl.NCC1(O)CCC(COc2ccccc2)CC1. The first-order chi connectivity index (χ1) is 8.22. The zero-order chi connectivity index (χ0) is 12.1. The van der Waals surface area contributed by atoms with Gasteiger partial charge in [0.2, 0.25) is 0 Å². The summed E-state index contributed by atoms with van der Waals surface area (Å²) >= 11 is 0. The van der Waals surface area contributed by atoms with E-state index in [9.17, 15) is 5.11 Å². The molecular weight excluding hydrogens is 250 g/mol. The second kappa shape index (κ2) is 6.98. The fourth-order valence-electron chi connectivity index (χ4n) is 2.32. The minimum absolute atomic E-state index is 0. The molecule has 1 saturated carbocycles. The molecular formula is C14H22ClNO2. The molecule has 4 heteroatoms. The smallest absolute Gasteiger partial charge is 0.119 e. The summed E-state index contributed by atoms with van der Waals surface area (Å²) in [4.78, 5) is 0. The molecule has 18 heavy (non-hydrogen) atoms. The number of aliphatic hydroxyl groups is 1. The van der Waals surface area contributed by atoms with E-state index in [0.29, 0.717) is 12.5 Å². The number of benzene rings is 1. The average molecular weight is 272 g/mol. The molecule has 1 aliphatic rings. The molecule has 0 unspecified atom stereocenters. The van der Waals surface area contributed by atoms with Crippen molar-refractivity contribution in [2.45, 2.75) is 31.3 Å². The number of hydrogen-bond donors (Lipinski definition) is 2. The van der Waals surface area contributed by atoms with Crippen LogP contribution in [0.2, 0.25) is 0 Å². The maximum Gasteiger partial charge on any atom is 0.119 e. The monoisotopic (exact) mass is 271 g/mol. The number of para-hydroxylation sites is 1. The van der Waals surface area contributed by atoms with Crippen LogP contribution in [0.1, 0.15) is 25.7 Å². The van der Waals surface area contributed by atoms with Crippen LogP contribution < -0.4 is 10.5 Å². The summed E-state index contributed by atoms with van der Waals surface area (Å²) in [6.45, 7) is 1.12. The van der Waals surface area contributed by atoms with Gasteiger partial charge >= 0.3 is 0 Å². The molecule has 1 aromatic rings. The highest BCUT2D eigenvalue weighted by Gasteiger charge is 2.31. The summed E-state index contributed by atoms with van der Waals surface area (Å²) in [5.41, 5.74) is 4.94. The maximum atomic E-state index is 10.0. The van der Waals surface area contributed by atoms with Crippen LogP contribution in [0.25, 0.3) is 0 Å². The summed E-state index contributed by atoms with van der Waals surface area (Å²) < 4.78 is 5.73. The predicted molar refractivity (Wildman–Crippen MR) is 75.1 cm³/mol. The quantitative estimate of drug-likeness (QED) is 0.884. The van der Waals surface area contributed by atoms with Crippen molar-refractivity contribution in [3.05, 3.63) is 30.3 Å². The van der Waals surface area contributed by atoms with Crippen molar-refractivity contribution in [3.63, 3.8) is 0 Å². The predicted octanol–water partition coefficient (Wildman–Crippen LogP) is 2.37. The Balaban J connectivity index is 0.00000162. The molecule has 1 aliphatic carbocycles. The van der Waals surface area contributed by atoms with Crippen LogP contribution in [0, 0.1) is 5.92 Å². The van der Waals surface area contributed by atoms with Gasteiger partial charge in [-0.05, 0) is 43.7 Å². The van der Waals surface area contributed by atoms with E-state index in [1.807, 2.05) is 30.3 Å². The lowest BCUT2D eigenvalue weighted by molar-refractivity contribution is -0.00694. The van der Waals surface area contributed by atoms with E-state index < -0.39 is 5.60 Å². The molecule has 1 fully saturated rings.